The van der Waals surface area contributed by atoms with Gasteiger partial charge in [-0.15, -0.1) is 0 Å². The molecule has 27 heavy (non-hydrogen) atoms. The zero-order chi connectivity index (χ0) is 18.6. The van der Waals surface area contributed by atoms with Crippen molar-refractivity contribution in [2.75, 3.05) is 27.6 Å². The molecule has 0 amide bonds. The van der Waals surface area contributed by atoms with Gasteiger partial charge in [0.25, 0.3) is 5.79 Å². The largest absolute Gasteiger partial charge is 0.496 e. The molecule has 7 heteroatoms. The van der Waals surface area contributed by atoms with E-state index in [1.165, 1.54) is 7.11 Å². The van der Waals surface area contributed by atoms with Crippen molar-refractivity contribution >= 4 is 5.97 Å². The second kappa shape index (κ2) is 5.79. The van der Waals surface area contributed by atoms with E-state index in [0.29, 0.717) is 23.0 Å². The standard InChI is InChI=1S/C20H18O7/c1-22-13-6-4-3-5-11(13)17-12-7-15-16(26-10-25-15)8-14(12)27-20(23-2)9-24-19(21)18(17)20/h3-8,17-18H,9-10H2,1-2H3/t17-,18+,20+/m1/s1. The van der Waals surface area contributed by atoms with Crippen molar-refractivity contribution in [3.63, 3.8) is 0 Å². The Hall–Kier alpha value is -2.93. The van der Waals surface area contributed by atoms with Crippen molar-refractivity contribution < 1.29 is 33.2 Å². The molecule has 5 rings (SSSR count). The molecule has 140 valence electrons. The fourth-order valence-corrected chi connectivity index (χ4v) is 4.15. The Morgan fingerprint density at radius 1 is 1.00 bits per heavy atom. The van der Waals surface area contributed by atoms with E-state index in [9.17, 15) is 4.79 Å². The van der Waals surface area contributed by atoms with E-state index in [2.05, 4.69) is 0 Å². The van der Waals surface area contributed by atoms with Crippen LogP contribution in [-0.4, -0.2) is 39.4 Å². The van der Waals surface area contributed by atoms with Crippen molar-refractivity contribution in [2.24, 2.45) is 5.92 Å². The van der Waals surface area contributed by atoms with Crippen LogP contribution in [0.5, 0.6) is 23.0 Å². The van der Waals surface area contributed by atoms with Gasteiger partial charge in [0.1, 0.15) is 17.4 Å². The molecule has 0 aliphatic carbocycles. The molecule has 0 N–H and O–H groups in total. The van der Waals surface area contributed by atoms with Crippen molar-refractivity contribution in [1.82, 2.24) is 0 Å². The van der Waals surface area contributed by atoms with E-state index in [1.807, 2.05) is 30.3 Å². The molecule has 1 saturated heterocycles. The van der Waals surface area contributed by atoms with Crippen LogP contribution in [-0.2, 0) is 14.3 Å². The second-order valence-electron chi connectivity index (χ2n) is 6.67. The maximum atomic E-state index is 12.7. The summed E-state index contributed by atoms with van der Waals surface area (Å²) in [7, 11) is 3.13. The molecule has 1 fully saturated rings. The van der Waals surface area contributed by atoms with Gasteiger partial charge < -0.3 is 28.4 Å². The van der Waals surface area contributed by atoms with Crippen LogP contribution >= 0.6 is 0 Å². The van der Waals surface area contributed by atoms with Gasteiger partial charge in [-0.25, -0.2) is 0 Å². The third-order valence-corrected chi connectivity index (χ3v) is 5.42. The highest BCUT2D eigenvalue weighted by molar-refractivity contribution is 5.80. The van der Waals surface area contributed by atoms with Gasteiger partial charge in [0.15, 0.2) is 18.1 Å². The summed E-state index contributed by atoms with van der Waals surface area (Å²) >= 11 is 0. The van der Waals surface area contributed by atoms with E-state index in [4.69, 9.17) is 28.4 Å². The summed E-state index contributed by atoms with van der Waals surface area (Å²) in [5.74, 6) is -0.152. The molecule has 2 aromatic carbocycles. The zero-order valence-corrected chi connectivity index (χ0v) is 14.9. The molecule has 3 aliphatic heterocycles. The average Bonchev–Trinajstić information content (AvgIpc) is 3.29. The van der Waals surface area contributed by atoms with Gasteiger partial charge in [0, 0.05) is 30.2 Å². The summed E-state index contributed by atoms with van der Waals surface area (Å²) in [5.41, 5.74) is 1.66. The van der Waals surface area contributed by atoms with Crippen LogP contribution in [0.2, 0.25) is 0 Å². The van der Waals surface area contributed by atoms with E-state index in [1.54, 1.807) is 13.2 Å². The van der Waals surface area contributed by atoms with Gasteiger partial charge >= 0.3 is 5.97 Å². The molecule has 7 nitrogen and oxygen atoms in total. The smallest absolute Gasteiger partial charge is 0.317 e. The minimum absolute atomic E-state index is 0.0204. The van der Waals surface area contributed by atoms with E-state index >= 15 is 0 Å². The maximum absolute atomic E-state index is 12.7. The SMILES string of the molecule is COc1ccccc1[C@@H]1c2cc3c(cc2O[C@@]2(OC)COC(=O)[C@H]12)OCO3. The summed E-state index contributed by atoms with van der Waals surface area (Å²) in [6, 6.07) is 11.2. The molecule has 0 unspecified atom stereocenters. The Morgan fingerprint density at radius 3 is 2.56 bits per heavy atom. The fourth-order valence-electron chi connectivity index (χ4n) is 4.15. The van der Waals surface area contributed by atoms with E-state index in [0.717, 1.165) is 11.1 Å². The molecular weight excluding hydrogens is 352 g/mol. The summed E-state index contributed by atoms with van der Waals surface area (Å²) in [5, 5.41) is 0. The van der Waals surface area contributed by atoms with Gasteiger partial charge in [0.2, 0.25) is 6.79 Å². The van der Waals surface area contributed by atoms with E-state index in [-0.39, 0.29) is 25.3 Å². The van der Waals surface area contributed by atoms with Crippen LogP contribution in [0.15, 0.2) is 36.4 Å². The molecule has 0 saturated carbocycles. The first-order valence-electron chi connectivity index (χ1n) is 8.64. The minimum atomic E-state index is -1.21. The number of methoxy groups -OCH3 is 2. The van der Waals surface area contributed by atoms with E-state index < -0.39 is 11.7 Å². The molecule has 3 aliphatic rings. The Kier molecular flexibility index (Phi) is 3.48. The number of fused-ring (bicyclic) bond motifs is 3. The monoisotopic (exact) mass is 370 g/mol. The van der Waals surface area contributed by atoms with Crippen LogP contribution in [0.4, 0.5) is 0 Å². The molecule has 0 aromatic heterocycles. The Balaban J connectivity index is 1.77. The minimum Gasteiger partial charge on any atom is -0.496 e. The number of ether oxygens (including phenoxy) is 6. The fraction of sp³-hybridized carbons (Fsp3) is 0.350. The van der Waals surface area contributed by atoms with Crippen molar-refractivity contribution in [2.45, 2.75) is 11.7 Å². The van der Waals surface area contributed by atoms with Crippen LogP contribution < -0.4 is 18.9 Å². The molecule has 2 aromatic rings. The van der Waals surface area contributed by atoms with Gasteiger partial charge in [-0.2, -0.15) is 0 Å². The first-order valence-corrected chi connectivity index (χ1v) is 8.64. The van der Waals surface area contributed by atoms with Gasteiger partial charge in [-0.3, -0.25) is 4.79 Å². The van der Waals surface area contributed by atoms with Crippen LogP contribution in [0.1, 0.15) is 17.0 Å². The summed E-state index contributed by atoms with van der Waals surface area (Å²) in [6.07, 6.45) is 0. The molecule has 0 radical (unpaired) electrons. The highest BCUT2D eigenvalue weighted by atomic mass is 16.7. The maximum Gasteiger partial charge on any atom is 0.317 e. The normalized spacial score (nSPS) is 27.4. The van der Waals surface area contributed by atoms with Crippen molar-refractivity contribution in [3.05, 3.63) is 47.5 Å². The number of hydrogen-bond acceptors (Lipinski definition) is 7. The summed E-state index contributed by atoms with van der Waals surface area (Å²) in [6.45, 7) is 0.172. The van der Waals surface area contributed by atoms with Crippen LogP contribution in [0, 0.1) is 5.92 Å². The lowest BCUT2D eigenvalue weighted by atomic mass is 9.74. The average molecular weight is 370 g/mol. The van der Waals surface area contributed by atoms with Crippen molar-refractivity contribution in [3.8, 4) is 23.0 Å². The molecule has 0 spiro atoms. The number of carbonyl (C=O) groups excluding carboxylic acids is 1. The number of benzene rings is 2. The molecule has 3 heterocycles. The number of cyclic esters (lactones) is 1. The number of carbonyl (C=O) groups is 1. The highest BCUT2D eigenvalue weighted by Gasteiger charge is 2.61. The first kappa shape index (κ1) is 16.3. The Labute approximate surface area is 155 Å². The quantitative estimate of drug-likeness (QED) is 0.769. The summed E-state index contributed by atoms with van der Waals surface area (Å²) < 4.78 is 33.8. The number of rotatable bonds is 3. The van der Waals surface area contributed by atoms with Crippen LogP contribution in [0.3, 0.4) is 0 Å². The number of hydrogen-bond donors (Lipinski definition) is 0. The predicted molar refractivity (Wildman–Crippen MR) is 92.2 cm³/mol. The van der Waals surface area contributed by atoms with Gasteiger partial charge in [0.05, 0.1) is 7.11 Å². The van der Waals surface area contributed by atoms with Gasteiger partial charge in [-0.1, -0.05) is 18.2 Å². The highest BCUT2D eigenvalue weighted by Crippen LogP contribution is 2.55. The predicted octanol–water partition coefficient (Wildman–Crippen LogP) is 2.46. The lowest BCUT2D eigenvalue weighted by Gasteiger charge is -2.41. The Morgan fingerprint density at radius 2 is 1.78 bits per heavy atom. The molecular formula is C20H18O7. The first-order chi connectivity index (χ1) is 13.2. The molecule has 3 atom stereocenters. The third kappa shape index (κ3) is 2.21. The topological polar surface area (TPSA) is 72.5 Å². The van der Waals surface area contributed by atoms with Gasteiger partial charge in [-0.05, 0) is 12.1 Å². The Bertz CT molecular complexity index is 925. The van der Waals surface area contributed by atoms with Crippen molar-refractivity contribution in [1.29, 1.82) is 0 Å². The summed E-state index contributed by atoms with van der Waals surface area (Å²) in [4.78, 5) is 12.7. The lowest BCUT2D eigenvalue weighted by molar-refractivity contribution is -0.195. The van der Waals surface area contributed by atoms with Crippen LogP contribution in [0.25, 0.3) is 0 Å². The second-order valence-corrected chi connectivity index (χ2v) is 6.67. The number of esters is 1. The lowest BCUT2D eigenvalue weighted by Crippen LogP contribution is -2.51. The zero-order valence-electron chi connectivity index (χ0n) is 14.9. The number of para-hydroxylation sites is 1. The molecule has 0 bridgehead atoms. The third-order valence-electron chi connectivity index (χ3n) is 5.42.